The maximum atomic E-state index is 11.0. The van der Waals surface area contributed by atoms with Gasteiger partial charge in [0.15, 0.2) is 0 Å². The van der Waals surface area contributed by atoms with Crippen molar-refractivity contribution in [2.24, 2.45) is 0 Å². The van der Waals surface area contributed by atoms with Crippen molar-refractivity contribution < 1.29 is 9.59 Å². The molecule has 0 aliphatic rings. The summed E-state index contributed by atoms with van der Waals surface area (Å²) in [5, 5.41) is 2.90. The third-order valence-corrected chi connectivity index (χ3v) is 3.35. The van der Waals surface area contributed by atoms with Gasteiger partial charge in [0.25, 0.3) is 0 Å². The predicted octanol–water partition coefficient (Wildman–Crippen LogP) is 4.00. The van der Waals surface area contributed by atoms with E-state index in [1.54, 1.807) is 6.92 Å². The van der Waals surface area contributed by atoms with Crippen molar-refractivity contribution in [2.45, 2.75) is 84.5 Å². The second-order valence-corrected chi connectivity index (χ2v) is 5.34. The lowest BCUT2D eigenvalue weighted by atomic mass is 10.1. The molecular formula is C16H31NO2. The molecule has 0 aromatic rings. The van der Waals surface area contributed by atoms with Gasteiger partial charge in [-0.1, -0.05) is 51.9 Å². The molecule has 0 spiro atoms. The Kier molecular flexibility index (Phi) is 13.0. The maximum absolute atomic E-state index is 11.0. The zero-order valence-corrected chi connectivity index (χ0v) is 12.8. The Labute approximate surface area is 118 Å². The Bertz CT molecular complexity index is 239. The first-order valence-electron chi connectivity index (χ1n) is 7.93. The lowest BCUT2D eigenvalue weighted by Gasteiger charge is -2.04. The second-order valence-electron chi connectivity index (χ2n) is 5.34. The number of carbonyl (C=O) groups excluding carboxylic acids is 2. The summed E-state index contributed by atoms with van der Waals surface area (Å²) in [5.41, 5.74) is 0. The number of hydrogen-bond donors (Lipinski definition) is 1. The minimum absolute atomic E-state index is 0.158. The van der Waals surface area contributed by atoms with Gasteiger partial charge in [0.2, 0.25) is 5.91 Å². The van der Waals surface area contributed by atoms with Gasteiger partial charge in [0.05, 0.1) is 0 Å². The number of hydrogen-bond acceptors (Lipinski definition) is 2. The molecule has 0 heterocycles. The lowest BCUT2D eigenvalue weighted by Crippen LogP contribution is -2.23. The first-order chi connectivity index (χ1) is 9.16. The SMILES string of the molecule is CCC(=O)NCCCCCCCCCCCC(C)=O. The standard InChI is InChI=1S/C16H31NO2/c1-3-16(19)17-14-12-10-8-6-4-5-7-9-11-13-15(2)18/h3-14H2,1-2H3,(H,17,19). The van der Waals surface area contributed by atoms with Crippen molar-refractivity contribution in [1.82, 2.24) is 5.32 Å². The largest absolute Gasteiger partial charge is 0.356 e. The van der Waals surface area contributed by atoms with E-state index in [-0.39, 0.29) is 5.91 Å². The Balaban J connectivity index is 3.03. The topological polar surface area (TPSA) is 46.2 Å². The van der Waals surface area contributed by atoms with Crippen LogP contribution in [0.25, 0.3) is 0 Å². The molecule has 0 aromatic heterocycles. The number of rotatable bonds is 13. The molecule has 0 rings (SSSR count). The fraction of sp³-hybridized carbons (Fsp3) is 0.875. The van der Waals surface area contributed by atoms with Gasteiger partial charge in [-0.25, -0.2) is 0 Å². The van der Waals surface area contributed by atoms with Crippen LogP contribution in [0.3, 0.4) is 0 Å². The van der Waals surface area contributed by atoms with Crippen molar-refractivity contribution in [3.05, 3.63) is 0 Å². The molecule has 0 aliphatic carbocycles. The monoisotopic (exact) mass is 269 g/mol. The van der Waals surface area contributed by atoms with Gasteiger partial charge in [0.1, 0.15) is 5.78 Å². The van der Waals surface area contributed by atoms with Crippen molar-refractivity contribution in [2.75, 3.05) is 6.54 Å². The summed E-state index contributed by atoms with van der Waals surface area (Å²) in [6.45, 7) is 4.38. The lowest BCUT2D eigenvalue weighted by molar-refractivity contribution is -0.120. The molecule has 1 amide bonds. The molecule has 1 N–H and O–H groups in total. The van der Waals surface area contributed by atoms with Crippen LogP contribution in [-0.2, 0) is 9.59 Å². The van der Waals surface area contributed by atoms with Crippen LogP contribution < -0.4 is 5.32 Å². The van der Waals surface area contributed by atoms with E-state index in [1.165, 1.54) is 44.9 Å². The van der Waals surface area contributed by atoms with E-state index in [2.05, 4.69) is 5.32 Å². The van der Waals surface area contributed by atoms with Crippen LogP contribution in [-0.4, -0.2) is 18.2 Å². The van der Waals surface area contributed by atoms with Crippen molar-refractivity contribution in [1.29, 1.82) is 0 Å². The smallest absolute Gasteiger partial charge is 0.219 e. The molecule has 0 aromatic carbocycles. The summed E-state index contributed by atoms with van der Waals surface area (Å²) in [6, 6.07) is 0. The number of unbranched alkanes of at least 4 members (excludes halogenated alkanes) is 8. The molecule has 0 bridgehead atoms. The van der Waals surface area contributed by atoms with Crippen LogP contribution in [0.2, 0.25) is 0 Å². The predicted molar refractivity (Wildman–Crippen MR) is 80.2 cm³/mol. The molecule has 19 heavy (non-hydrogen) atoms. The zero-order chi connectivity index (χ0) is 14.3. The average Bonchev–Trinajstić information content (AvgIpc) is 2.39. The van der Waals surface area contributed by atoms with Gasteiger partial charge in [-0.2, -0.15) is 0 Å². The van der Waals surface area contributed by atoms with Crippen LogP contribution in [0, 0.1) is 0 Å². The number of nitrogens with one attached hydrogen (secondary N) is 1. The minimum atomic E-state index is 0.158. The fourth-order valence-corrected chi connectivity index (χ4v) is 2.09. The summed E-state index contributed by atoms with van der Waals surface area (Å²) in [5.74, 6) is 0.473. The summed E-state index contributed by atoms with van der Waals surface area (Å²) < 4.78 is 0. The molecule has 0 unspecified atom stereocenters. The van der Waals surface area contributed by atoms with E-state index in [1.807, 2.05) is 6.92 Å². The molecule has 0 fully saturated rings. The molecule has 0 saturated carbocycles. The van der Waals surface area contributed by atoms with Gasteiger partial charge in [-0.3, -0.25) is 4.79 Å². The quantitative estimate of drug-likeness (QED) is 0.514. The molecule has 3 heteroatoms. The van der Waals surface area contributed by atoms with E-state index in [0.29, 0.717) is 12.2 Å². The summed E-state index contributed by atoms with van der Waals surface area (Å²) in [6.07, 6.45) is 12.4. The number of amides is 1. The normalized spacial score (nSPS) is 10.4. The molecule has 0 radical (unpaired) electrons. The van der Waals surface area contributed by atoms with Crippen LogP contribution in [0.15, 0.2) is 0 Å². The third-order valence-electron chi connectivity index (χ3n) is 3.35. The second kappa shape index (κ2) is 13.6. The Hall–Kier alpha value is -0.860. The molecule has 0 aliphatic heterocycles. The van der Waals surface area contributed by atoms with Crippen LogP contribution in [0.1, 0.15) is 84.5 Å². The van der Waals surface area contributed by atoms with E-state index in [4.69, 9.17) is 0 Å². The number of Topliss-reactive ketones (excluding diaryl/α,β-unsaturated/α-hetero) is 1. The van der Waals surface area contributed by atoms with Gasteiger partial charge in [-0.15, -0.1) is 0 Å². The van der Waals surface area contributed by atoms with Gasteiger partial charge in [-0.05, 0) is 19.8 Å². The van der Waals surface area contributed by atoms with E-state index < -0.39 is 0 Å². The zero-order valence-electron chi connectivity index (χ0n) is 12.8. The molecule has 0 saturated heterocycles. The van der Waals surface area contributed by atoms with Crippen molar-refractivity contribution in [3.63, 3.8) is 0 Å². The van der Waals surface area contributed by atoms with E-state index >= 15 is 0 Å². The Morgan fingerprint density at radius 3 is 1.74 bits per heavy atom. The molecule has 0 atom stereocenters. The highest BCUT2D eigenvalue weighted by Gasteiger charge is 1.96. The highest BCUT2D eigenvalue weighted by Crippen LogP contribution is 2.10. The van der Waals surface area contributed by atoms with E-state index in [0.717, 1.165) is 25.8 Å². The Morgan fingerprint density at radius 2 is 1.26 bits per heavy atom. The molecule has 112 valence electrons. The fourth-order valence-electron chi connectivity index (χ4n) is 2.09. The first kappa shape index (κ1) is 18.1. The van der Waals surface area contributed by atoms with Crippen LogP contribution >= 0.6 is 0 Å². The first-order valence-corrected chi connectivity index (χ1v) is 7.93. The highest BCUT2D eigenvalue weighted by atomic mass is 16.1. The summed E-state index contributed by atoms with van der Waals surface area (Å²) in [7, 11) is 0. The van der Waals surface area contributed by atoms with Crippen molar-refractivity contribution >= 4 is 11.7 Å². The van der Waals surface area contributed by atoms with Crippen molar-refractivity contribution in [3.8, 4) is 0 Å². The van der Waals surface area contributed by atoms with Gasteiger partial charge < -0.3 is 10.1 Å². The summed E-state index contributed by atoms with van der Waals surface area (Å²) >= 11 is 0. The molecule has 3 nitrogen and oxygen atoms in total. The van der Waals surface area contributed by atoms with Crippen LogP contribution in [0.4, 0.5) is 0 Å². The van der Waals surface area contributed by atoms with E-state index in [9.17, 15) is 9.59 Å². The Morgan fingerprint density at radius 1 is 0.789 bits per heavy atom. The van der Waals surface area contributed by atoms with Gasteiger partial charge in [0, 0.05) is 19.4 Å². The maximum Gasteiger partial charge on any atom is 0.219 e. The molecular weight excluding hydrogens is 238 g/mol. The average molecular weight is 269 g/mol. The minimum Gasteiger partial charge on any atom is -0.356 e. The number of ketones is 1. The third kappa shape index (κ3) is 15.1. The summed E-state index contributed by atoms with van der Waals surface area (Å²) in [4.78, 5) is 21.7. The highest BCUT2D eigenvalue weighted by molar-refractivity contribution is 5.75. The number of carbonyl (C=O) groups is 2. The van der Waals surface area contributed by atoms with Gasteiger partial charge >= 0.3 is 0 Å². The van der Waals surface area contributed by atoms with Crippen LogP contribution in [0.5, 0.6) is 0 Å².